The summed E-state index contributed by atoms with van der Waals surface area (Å²) in [6.07, 6.45) is 3.70. The van der Waals surface area contributed by atoms with Crippen molar-refractivity contribution in [3.05, 3.63) is 94.4 Å². The highest BCUT2D eigenvalue weighted by atomic mass is 32.2. The van der Waals surface area contributed by atoms with Crippen molar-refractivity contribution in [3.63, 3.8) is 0 Å². The maximum absolute atomic E-state index is 14.4. The molecule has 2 aliphatic rings. The van der Waals surface area contributed by atoms with Crippen LogP contribution in [0.25, 0.3) is 11.0 Å². The van der Waals surface area contributed by atoms with Gasteiger partial charge in [-0.05, 0) is 86.8 Å². The van der Waals surface area contributed by atoms with E-state index < -0.39 is 21.8 Å². The van der Waals surface area contributed by atoms with Crippen LogP contribution in [0.2, 0.25) is 0 Å². The summed E-state index contributed by atoms with van der Waals surface area (Å²) >= 11 is 0. The van der Waals surface area contributed by atoms with Crippen LogP contribution in [0.4, 0.5) is 0 Å². The first-order valence-corrected chi connectivity index (χ1v) is 16.6. The fraction of sp³-hybridized carbons (Fsp3) is 0.364. The Kier molecular flexibility index (Phi) is 8.76. The highest BCUT2D eigenvalue weighted by molar-refractivity contribution is 7.90. The molecule has 0 bridgehead atoms. The zero-order valence-corrected chi connectivity index (χ0v) is 25.9. The van der Waals surface area contributed by atoms with Gasteiger partial charge in [0.1, 0.15) is 11.8 Å². The third kappa shape index (κ3) is 5.99. The number of hydrogen-bond donors (Lipinski definition) is 2. The highest BCUT2D eigenvalue weighted by Gasteiger charge is 2.36. The summed E-state index contributed by atoms with van der Waals surface area (Å²) in [5.41, 5.74) is 0.150. The Balaban J connectivity index is 1.42. The van der Waals surface area contributed by atoms with E-state index in [1.807, 2.05) is 6.07 Å². The average molecular weight is 629 g/mol. The molecule has 2 saturated heterocycles. The number of carbonyl (C=O) groups is 1. The molecule has 0 saturated carbocycles. The van der Waals surface area contributed by atoms with Gasteiger partial charge in [0.2, 0.25) is 5.91 Å². The molecule has 2 aliphatic heterocycles. The third-order valence-corrected chi connectivity index (χ3v) is 10.5. The van der Waals surface area contributed by atoms with Gasteiger partial charge in [-0.3, -0.25) is 9.36 Å². The molecule has 45 heavy (non-hydrogen) atoms. The van der Waals surface area contributed by atoms with Crippen LogP contribution in [0.5, 0.6) is 5.75 Å². The van der Waals surface area contributed by atoms with Crippen LogP contribution >= 0.6 is 0 Å². The van der Waals surface area contributed by atoms with Gasteiger partial charge in [-0.2, -0.15) is 9.23 Å². The lowest BCUT2D eigenvalue weighted by Gasteiger charge is -2.37. The Labute approximate surface area is 262 Å². The number of carbonyl (C=O) groups excluding carboxylic acids is 1. The number of imidazole rings is 1. The summed E-state index contributed by atoms with van der Waals surface area (Å²) in [4.78, 5) is 30.5. The highest BCUT2D eigenvalue weighted by Crippen LogP contribution is 2.29. The van der Waals surface area contributed by atoms with Gasteiger partial charge in [0.15, 0.2) is 0 Å². The lowest BCUT2D eigenvalue weighted by Crippen LogP contribution is -2.51. The fourth-order valence-corrected chi connectivity index (χ4v) is 7.79. The van der Waals surface area contributed by atoms with E-state index in [1.54, 1.807) is 29.2 Å². The van der Waals surface area contributed by atoms with Crippen molar-refractivity contribution in [2.24, 2.45) is 0 Å². The number of nitrogens with zero attached hydrogens (tertiary/aromatic N) is 4. The van der Waals surface area contributed by atoms with Gasteiger partial charge in [0, 0.05) is 25.2 Å². The van der Waals surface area contributed by atoms with Crippen LogP contribution in [0.15, 0.2) is 82.5 Å². The van der Waals surface area contributed by atoms with Crippen LogP contribution in [-0.4, -0.2) is 73.1 Å². The topological polar surface area (TPSA) is 138 Å². The van der Waals surface area contributed by atoms with Crippen LogP contribution in [0.3, 0.4) is 0 Å². The van der Waals surface area contributed by atoms with Crippen molar-refractivity contribution in [2.45, 2.75) is 48.7 Å². The van der Waals surface area contributed by atoms with Crippen molar-refractivity contribution < 1.29 is 17.9 Å². The molecule has 1 aromatic heterocycles. The number of nitrogens with one attached hydrogen (secondary N) is 2. The van der Waals surface area contributed by atoms with Gasteiger partial charge >= 0.3 is 5.69 Å². The zero-order chi connectivity index (χ0) is 31.6. The number of nitriles is 1. The summed E-state index contributed by atoms with van der Waals surface area (Å²) in [6.45, 7) is 3.01. The van der Waals surface area contributed by atoms with Crippen LogP contribution in [0, 0.1) is 11.3 Å². The second-order valence-corrected chi connectivity index (χ2v) is 13.3. The number of piperidine rings is 2. The molecular formula is C33H36N6O5S. The SMILES string of the molecule is COc1ccc(S(=O)(=O)n2c(=O)n(C(C(=O)N3CCC(NC4CCNCC4)CC3)c3ccccc3)c3cc(C#N)ccc32)cc1. The summed E-state index contributed by atoms with van der Waals surface area (Å²) in [5, 5.41) is 16.8. The van der Waals surface area contributed by atoms with E-state index in [1.165, 1.54) is 54.1 Å². The summed E-state index contributed by atoms with van der Waals surface area (Å²) in [6, 6.07) is 20.7. The Bertz CT molecular complexity index is 1880. The molecule has 4 aromatic rings. The lowest BCUT2D eigenvalue weighted by atomic mass is 9.98. The number of methoxy groups -OCH3 is 1. The summed E-state index contributed by atoms with van der Waals surface area (Å²) in [7, 11) is -2.93. The predicted octanol–water partition coefficient (Wildman–Crippen LogP) is 2.84. The normalized spacial score (nSPS) is 17.2. The second kappa shape index (κ2) is 12.9. The molecule has 0 aliphatic carbocycles. The molecule has 0 spiro atoms. The minimum Gasteiger partial charge on any atom is -0.497 e. The van der Waals surface area contributed by atoms with E-state index in [9.17, 15) is 23.3 Å². The quantitative estimate of drug-likeness (QED) is 0.304. The van der Waals surface area contributed by atoms with Crippen molar-refractivity contribution in [1.82, 2.24) is 24.1 Å². The number of rotatable bonds is 8. The number of likely N-dealkylation sites (tertiary alicyclic amines) is 1. The second-order valence-electron chi connectivity index (χ2n) is 11.5. The van der Waals surface area contributed by atoms with E-state index in [4.69, 9.17) is 4.74 Å². The molecular weight excluding hydrogens is 592 g/mol. The van der Waals surface area contributed by atoms with Crippen molar-refractivity contribution >= 4 is 27.0 Å². The standard InChI is InChI=1S/C33H36N6O5S/c1-44-27-8-10-28(11-9-27)45(42,43)39-29-12-7-23(22-34)21-30(29)38(33(39)41)31(24-5-3-2-4-6-24)32(40)37-19-15-26(16-20-37)36-25-13-17-35-18-14-25/h2-12,21,25-26,31,35-36H,13-20H2,1H3. The first-order chi connectivity index (χ1) is 21.8. The maximum atomic E-state index is 14.4. The first kappa shape index (κ1) is 30.6. The Morgan fingerprint density at radius 2 is 1.62 bits per heavy atom. The molecule has 6 rings (SSSR count). The minimum absolute atomic E-state index is 0.0772. The molecule has 2 fully saturated rings. The van der Waals surface area contributed by atoms with Gasteiger partial charge in [-0.15, -0.1) is 0 Å². The maximum Gasteiger partial charge on any atom is 0.344 e. The summed E-state index contributed by atoms with van der Waals surface area (Å²) < 4.78 is 35.1. The zero-order valence-electron chi connectivity index (χ0n) is 25.1. The minimum atomic E-state index is -4.40. The number of hydrogen-bond acceptors (Lipinski definition) is 8. The number of ether oxygens (including phenoxy) is 1. The molecule has 3 aromatic carbocycles. The Morgan fingerprint density at radius 3 is 2.27 bits per heavy atom. The van der Waals surface area contributed by atoms with Crippen molar-refractivity contribution in [1.29, 1.82) is 5.26 Å². The fourth-order valence-electron chi connectivity index (χ4n) is 6.40. The molecule has 11 nitrogen and oxygen atoms in total. The van der Waals surface area contributed by atoms with E-state index in [-0.39, 0.29) is 27.4 Å². The molecule has 0 radical (unpaired) electrons. The van der Waals surface area contributed by atoms with Crippen LogP contribution in [0.1, 0.15) is 42.9 Å². The molecule has 1 atom stereocenters. The molecule has 12 heteroatoms. The molecule has 1 amide bonds. The number of amides is 1. The number of aromatic nitrogens is 2. The van der Waals surface area contributed by atoms with Crippen LogP contribution < -0.4 is 21.1 Å². The van der Waals surface area contributed by atoms with Gasteiger partial charge in [-0.1, -0.05) is 30.3 Å². The average Bonchev–Trinajstić information content (AvgIpc) is 3.37. The van der Waals surface area contributed by atoms with Gasteiger partial charge in [0.25, 0.3) is 10.0 Å². The first-order valence-electron chi connectivity index (χ1n) is 15.2. The van der Waals surface area contributed by atoms with E-state index in [2.05, 4.69) is 16.7 Å². The summed E-state index contributed by atoms with van der Waals surface area (Å²) in [5.74, 6) is 0.165. The third-order valence-electron chi connectivity index (χ3n) is 8.78. The van der Waals surface area contributed by atoms with Crippen molar-refractivity contribution in [3.8, 4) is 11.8 Å². The Morgan fingerprint density at radius 1 is 0.956 bits per heavy atom. The van der Waals surface area contributed by atoms with E-state index in [0.717, 1.165) is 42.7 Å². The smallest absolute Gasteiger partial charge is 0.344 e. The van der Waals surface area contributed by atoms with E-state index in [0.29, 0.717) is 36.5 Å². The van der Waals surface area contributed by atoms with Gasteiger partial charge in [-0.25, -0.2) is 13.2 Å². The molecule has 234 valence electrons. The van der Waals surface area contributed by atoms with E-state index >= 15 is 0 Å². The van der Waals surface area contributed by atoms with Crippen LogP contribution in [-0.2, 0) is 14.8 Å². The Hall–Kier alpha value is -4.44. The van der Waals surface area contributed by atoms with Gasteiger partial charge < -0.3 is 20.3 Å². The monoisotopic (exact) mass is 628 g/mol. The number of benzene rings is 3. The van der Waals surface area contributed by atoms with Gasteiger partial charge in [0.05, 0.1) is 34.7 Å². The number of fused-ring (bicyclic) bond motifs is 1. The predicted molar refractivity (Wildman–Crippen MR) is 170 cm³/mol. The molecule has 1 unspecified atom stereocenters. The molecule has 2 N–H and O–H groups in total. The molecule has 3 heterocycles. The lowest BCUT2D eigenvalue weighted by molar-refractivity contribution is -0.134. The van der Waals surface area contributed by atoms with Crippen molar-refractivity contribution in [2.75, 3.05) is 33.3 Å². The largest absolute Gasteiger partial charge is 0.497 e.